The second kappa shape index (κ2) is 8.52. The van der Waals surface area contributed by atoms with Gasteiger partial charge in [0.05, 0.1) is 11.7 Å². The van der Waals surface area contributed by atoms with Gasteiger partial charge in [-0.1, -0.05) is 62.8 Å². The Bertz CT molecular complexity index is 872. The Morgan fingerprint density at radius 3 is 2.55 bits per heavy atom. The third-order valence-electron chi connectivity index (χ3n) is 11.3. The van der Waals surface area contributed by atoms with Crippen molar-refractivity contribution in [2.24, 2.45) is 40.4 Å². The summed E-state index contributed by atoms with van der Waals surface area (Å²) in [5.74, 6) is 3.93. The molecule has 9 atom stereocenters. The van der Waals surface area contributed by atoms with Crippen LogP contribution in [-0.4, -0.2) is 16.3 Å². The highest BCUT2D eigenvalue weighted by Crippen LogP contribution is 2.67. The zero-order valence-electron chi connectivity index (χ0n) is 21.4. The maximum atomic E-state index is 11.2. The van der Waals surface area contributed by atoms with Gasteiger partial charge in [-0.25, -0.2) is 0 Å². The predicted molar refractivity (Wildman–Crippen MR) is 136 cm³/mol. The lowest BCUT2D eigenvalue weighted by atomic mass is 9.47. The second-order valence-corrected chi connectivity index (χ2v) is 13.0. The topological polar surface area (TPSA) is 40.5 Å². The fourth-order valence-electron chi connectivity index (χ4n) is 9.27. The first kappa shape index (κ1) is 23.6. The van der Waals surface area contributed by atoms with Crippen molar-refractivity contribution in [2.45, 2.75) is 104 Å². The first-order valence-electron chi connectivity index (χ1n) is 13.8. The normalized spacial score (nSPS) is 43.0. The van der Waals surface area contributed by atoms with Crippen LogP contribution in [0.1, 0.15) is 97.5 Å². The van der Waals surface area contributed by atoms with E-state index in [-0.39, 0.29) is 6.10 Å². The molecule has 0 bridgehead atoms. The van der Waals surface area contributed by atoms with Crippen LogP contribution >= 0.6 is 0 Å². The van der Waals surface area contributed by atoms with Gasteiger partial charge in [0.1, 0.15) is 0 Å². The van der Waals surface area contributed by atoms with Crippen molar-refractivity contribution in [1.29, 1.82) is 0 Å². The third kappa shape index (κ3) is 3.94. The number of aliphatic hydroxyl groups excluding tert-OH is 1. The number of rotatable bonds is 5. The first-order chi connectivity index (χ1) is 15.6. The number of aliphatic hydroxyl groups is 2. The SMILES string of the molecule is CC(CCC(C)(O)c1ccccc1)C1CCC2C3CC=C4CC(O)CC[C@]4(C)C3CC[C@]12C. The Morgan fingerprint density at radius 1 is 1.03 bits per heavy atom. The van der Waals surface area contributed by atoms with Crippen LogP contribution in [0.25, 0.3) is 0 Å². The van der Waals surface area contributed by atoms with Gasteiger partial charge >= 0.3 is 0 Å². The Balaban J connectivity index is 1.29. The Morgan fingerprint density at radius 2 is 1.79 bits per heavy atom. The fraction of sp³-hybridized carbons (Fsp3) is 0.742. The second-order valence-electron chi connectivity index (χ2n) is 13.0. The molecular formula is C31H46O2. The summed E-state index contributed by atoms with van der Waals surface area (Å²) in [6.45, 7) is 9.62. The molecular weight excluding hydrogens is 404 g/mol. The van der Waals surface area contributed by atoms with Crippen LogP contribution in [0.2, 0.25) is 0 Å². The Labute approximate surface area is 201 Å². The number of hydrogen-bond acceptors (Lipinski definition) is 2. The molecule has 5 rings (SSSR count). The molecule has 0 spiro atoms. The maximum Gasteiger partial charge on any atom is 0.0868 e. The molecule has 0 saturated heterocycles. The van der Waals surface area contributed by atoms with E-state index in [2.05, 4.69) is 39.0 Å². The largest absolute Gasteiger partial charge is 0.393 e. The highest BCUT2D eigenvalue weighted by molar-refractivity contribution is 5.25. The third-order valence-corrected chi connectivity index (χ3v) is 11.3. The van der Waals surface area contributed by atoms with Crippen LogP contribution < -0.4 is 0 Å². The van der Waals surface area contributed by atoms with Crippen LogP contribution in [-0.2, 0) is 5.60 Å². The molecule has 33 heavy (non-hydrogen) atoms. The van der Waals surface area contributed by atoms with Gasteiger partial charge < -0.3 is 10.2 Å². The molecule has 182 valence electrons. The lowest BCUT2D eigenvalue weighted by Gasteiger charge is -2.58. The number of benzene rings is 1. The lowest BCUT2D eigenvalue weighted by molar-refractivity contribution is -0.0589. The van der Waals surface area contributed by atoms with Crippen molar-refractivity contribution in [3.63, 3.8) is 0 Å². The summed E-state index contributed by atoms with van der Waals surface area (Å²) in [6, 6.07) is 10.2. The molecule has 0 radical (unpaired) electrons. The molecule has 0 amide bonds. The first-order valence-corrected chi connectivity index (χ1v) is 13.8. The van der Waals surface area contributed by atoms with Gasteiger partial charge in [-0.15, -0.1) is 0 Å². The molecule has 0 heterocycles. The number of allylic oxidation sites excluding steroid dienone is 1. The molecule has 1 aromatic rings. The summed E-state index contributed by atoms with van der Waals surface area (Å²) < 4.78 is 0. The molecule has 2 N–H and O–H groups in total. The van der Waals surface area contributed by atoms with Crippen LogP contribution in [0.15, 0.2) is 42.0 Å². The van der Waals surface area contributed by atoms with Gasteiger partial charge in [-0.05, 0) is 117 Å². The maximum absolute atomic E-state index is 11.2. The average molecular weight is 451 g/mol. The molecule has 4 aliphatic rings. The minimum atomic E-state index is -0.739. The van der Waals surface area contributed by atoms with E-state index in [4.69, 9.17) is 0 Å². The van der Waals surface area contributed by atoms with Crippen molar-refractivity contribution in [3.05, 3.63) is 47.5 Å². The summed E-state index contributed by atoms with van der Waals surface area (Å²) in [5, 5.41) is 21.4. The average Bonchev–Trinajstić information content (AvgIpc) is 3.16. The summed E-state index contributed by atoms with van der Waals surface area (Å²) >= 11 is 0. The van der Waals surface area contributed by atoms with Gasteiger partial charge in [0.15, 0.2) is 0 Å². The summed E-state index contributed by atoms with van der Waals surface area (Å²) in [6.07, 6.45) is 14.2. The molecule has 2 heteroatoms. The molecule has 3 saturated carbocycles. The monoisotopic (exact) mass is 450 g/mol. The standard InChI is InChI=1S/C31H46O2/c1-21(14-19-31(4,33)22-8-6-5-7-9-22)26-12-13-27-25-11-10-23-20-24(32)15-17-29(23,2)28(25)16-18-30(26,27)3/h5-10,21,24-28,32-33H,11-20H2,1-4H3/t21?,24?,25?,26?,27?,28?,29-,30+,31?/m0/s1. The van der Waals surface area contributed by atoms with Crippen LogP contribution in [0, 0.1) is 40.4 Å². The molecule has 3 fully saturated rings. The van der Waals surface area contributed by atoms with E-state index < -0.39 is 5.60 Å². The quantitative estimate of drug-likeness (QED) is 0.464. The van der Waals surface area contributed by atoms with Crippen LogP contribution in [0.5, 0.6) is 0 Å². The highest BCUT2D eigenvalue weighted by Gasteiger charge is 2.59. The summed E-state index contributed by atoms with van der Waals surface area (Å²) in [4.78, 5) is 0. The molecule has 1 aromatic carbocycles. The van der Waals surface area contributed by atoms with E-state index in [1.165, 1.54) is 38.5 Å². The van der Waals surface area contributed by atoms with Crippen molar-refractivity contribution in [3.8, 4) is 0 Å². The fourth-order valence-corrected chi connectivity index (χ4v) is 9.27. The van der Waals surface area contributed by atoms with E-state index in [0.717, 1.165) is 54.9 Å². The van der Waals surface area contributed by atoms with Crippen molar-refractivity contribution >= 4 is 0 Å². The van der Waals surface area contributed by atoms with E-state index in [9.17, 15) is 10.2 Å². The van der Waals surface area contributed by atoms with Crippen molar-refractivity contribution in [1.82, 2.24) is 0 Å². The molecule has 2 nitrogen and oxygen atoms in total. The zero-order chi connectivity index (χ0) is 23.4. The van der Waals surface area contributed by atoms with Gasteiger partial charge in [-0.3, -0.25) is 0 Å². The lowest BCUT2D eigenvalue weighted by Crippen LogP contribution is -2.50. The smallest absolute Gasteiger partial charge is 0.0868 e. The van der Waals surface area contributed by atoms with Crippen molar-refractivity contribution < 1.29 is 10.2 Å². The highest BCUT2D eigenvalue weighted by atomic mass is 16.3. The van der Waals surface area contributed by atoms with Gasteiger partial charge in [-0.2, -0.15) is 0 Å². The van der Waals surface area contributed by atoms with Crippen LogP contribution in [0.3, 0.4) is 0 Å². The van der Waals surface area contributed by atoms with Gasteiger partial charge in [0, 0.05) is 0 Å². The number of fused-ring (bicyclic) bond motifs is 5. The van der Waals surface area contributed by atoms with Gasteiger partial charge in [0.25, 0.3) is 0 Å². The van der Waals surface area contributed by atoms with Crippen LogP contribution in [0.4, 0.5) is 0 Å². The van der Waals surface area contributed by atoms with E-state index in [1.807, 2.05) is 25.1 Å². The van der Waals surface area contributed by atoms with E-state index >= 15 is 0 Å². The summed E-state index contributed by atoms with van der Waals surface area (Å²) in [5.41, 5.74) is 2.67. The Kier molecular flexibility index (Phi) is 6.10. The summed E-state index contributed by atoms with van der Waals surface area (Å²) in [7, 11) is 0. The zero-order valence-corrected chi connectivity index (χ0v) is 21.4. The molecule has 7 unspecified atom stereocenters. The van der Waals surface area contributed by atoms with Gasteiger partial charge in [0.2, 0.25) is 0 Å². The molecule has 0 aliphatic heterocycles. The number of hydrogen-bond donors (Lipinski definition) is 2. The van der Waals surface area contributed by atoms with E-state index in [0.29, 0.717) is 16.7 Å². The molecule has 4 aliphatic carbocycles. The molecule has 0 aromatic heterocycles. The Hall–Kier alpha value is -1.12. The van der Waals surface area contributed by atoms with E-state index in [1.54, 1.807) is 5.57 Å². The predicted octanol–water partition coefficient (Wildman–Crippen LogP) is 7.25. The minimum Gasteiger partial charge on any atom is -0.393 e. The van der Waals surface area contributed by atoms with Crippen molar-refractivity contribution in [2.75, 3.05) is 0 Å². The minimum absolute atomic E-state index is 0.112.